The van der Waals surface area contributed by atoms with E-state index in [1.165, 1.54) is 55.4 Å². The second kappa shape index (κ2) is 18.3. The van der Waals surface area contributed by atoms with Crippen molar-refractivity contribution in [3.63, 3.8) is 0 Å². The number of rotatable bonds is 3. The quantitative estimate of drug-likeness (QED) is 0.334. The maximum absolute atomic E-state index is 11.7. The van der Waals surface area contributed by atoms with Gasteiger partial charge in [0.1, 0.15) is 5.78 Å². The molecule has 3 amide bonds. The minimum atomic E-state index is -1.08. The standard InChI is InChI=1S/C10H15NO3S.C8H11NO3S.C6H11NOS.C3H6O.CH5N/c1-5-14-8(12)6-7-9(13)11(4)10(2,3)15-7;1-8(2)9(3)7(12)5(13-8)4-6(10)11;1-6(2)7(3)5(8)4-9-6;1-3(2)4;1-2/h6H,5H2,1-4H3;4H,1-3H3,(H,10,11);4H2,1-3H3;1-2H3;2H2,1H3/b7-6-;5-4-;;;. The van der Waals surface area contributed by atoms with Crippen molar-refractivity contribution in [2.75, 3.05) is 40.6 Å². The van der Waals surface area contributed by atoms with E-state index < -0.39 is 11.9 Å². The predicted molar refractivity (Wildman–Crippen MR) is 175 cm³/mol. The van der Waals surface area contributed by atoms with Gasteiger partial charge in [0.15, 0.2) is 0 Å². The van der Waals surface area contributed by atoms with Crippen molar-refractivity contribution >= 4 is 70.7 Å². The van der Waals surface area contributed by atoms with Crippen LogP contribution in [0.1, 0.15) is 62.3 Å². The van der Waals surface area contributed by atoms with Crippen molar-refractivity contribution < 1.29 is 38.6 Å². The molecule has 43 heavy (non-hydrogen) atoms. The highest BCUT2D eigenvalue weighted by Crippen LogP contribution is 2.43. The van der Waals surface area contributed by atoms with Gasteiger partial charge in [0, 0.05) is 33.3 Å². The van der Waals surface area contributed by atoms with Crippen molar-refractivity contribution in [3.05, 3.63) is 22.0 Å². The van der Waals surface area contributed by atoms with Gasteiger partial charge >= 0.3 is 11.9 Å². The number of carbonyl (C=O) groups is 6. The Hall–Kier alpha value is -2.49. The van der Waals surface area contributed by atoms with E-state index in [4.69, 9.17) is 9.84 Å². The molecule has 3 heterocycles. The van der Waals surface area contributed by atoms with E-state index in [1.54, 1.807) is 42.6 Å². The molecule has 0 aliphatic carbocycles. The first-order chi connectivity index (χ1) is 19.5. The molecule has 3 N–H and O–H groups in total. The van der Waals surface area contributed by atoms with Crippen molar-refractivity contribution in [1.82, 2.24) is 14.7 Å². The number of Topliss-reactive ketones (excluding diaryl/α,β-unsaturated/α-hetero) is 1. The van der Waals surface area contributed by atoms with Crippen LogP contribution in [0.3, 0.4) is 0 Å². The molecule has 0 atom stereocenters. The van der Waals surface area contributed by atoms with E-state index in [1.807, 2.05) is 34.7 Å². The molecule has 0 aromatic carbocycles. The van der Waals surface area contributed by atoms with Crippen molar-refractivity contribution in [3.8, 4) is 0 Å². The maximum atomic E-state index is 11.7. The van der Waals surface area contributed by atoms with Gasteiger partial charge in [0.25, 0.3) is 11.8 Å². The molecule has 3 rings (SSSR count). The van der Waals surface area contributed by atoms with Crippen LogP contribution in [0.4, 0.5) is 0 Å². The van der Waals surface area contributed by atoms with Crippen LogP contribution < -0.4 is 5.73 Å². The highest BCUT2D eigenvalue weighted by molar-refractivity contribution is 8.06. The van der Waals surface area contributed by atoms with Gasteiger partial charge in [-0.3, -0.25) is 14.4 Å². The summed E-state index contributed by atoms with van der Waals surface area (Å²) in [6, 6.07) is 0. The Morgan fingerprint density at radius 1 is 0.814 bits per heavy atom. The fourth-order valence-corrected chi connectivity index (χ4v) is 6.15. The number of hydrogen-bond donors (Lipinski definition) is 2. The summed E-state index contributed by atoms with van der Waals surface area (Å²) in [4.78, 5) is 70.1. The Labute approximate surface area is 268 Å². The largest absolute Gasteiger partial charge is 0.478 e. The molecule has 0 aromatic heterocycles. The Morgan fingerprint density at radius 3 is 1.40 bits per heavy atom. The number of amides is 3. The number of nitrogens with zero attached hydrogens (tertiary/aromatic N) is 3. The highest BCUT2D eigenvalue weighted by atomic mass is 32.2. The zero-order valence-corrected chi connectivity index (χ0v) is 30.0. The lowest BCUT2D eigenvalue weighted by molar-refractivity contribution is -0.137. The first-order valence-corrected chi connectivity index (χ1v) is 15.8. The number of nitrogens with two attached hydrogens (primary N) is 1. The molecule has 0 saturated carbocycles. The van der Waals surface area contributed by atoms with Crippen LogP contribution in [0, 0.1) is 0 Å². The smallest absolute Gasteiger partial charge is 0.332 e. The minimum absolute atomic E-state index is 0.0249. The number of esters is 1. The van der Waals surface area contributed by atoms with Gasteiger partial charge in [-0.15, -0.1) is 11.8 Å². The van der Waals surface area contributed by atoms with Gasteiger partial charge in [-0.05, 0) is 69.4 Å². The summed E-state index contributed by atoms with van der Waals surface area (Å²) < 4.78 is 4.76. The summed E-state index contributed by atoms with van der Waals surface area (Å²) in [6.07, 6.45) is 2.22. The van der Waals surface area contributed by atoms with Gasteiger partial charge in [0.2, 0.25) is 5.91 Å². The van der Waals surface area contributed by atoms with Gasteiger partial charge in [0.05, 0.1) is 36.8 Å². The third-order valence-corrected chi connectivity index (χ3v) is 9.83. The van der Waals surface area contributed by atoms with E-state index in [9.17, 15) is 28.8 Å². The lowest BCUT2D eigenvalue weighted by Crippen LogP contribution is -2.35. The molecule has 3 aliphatic rings. The van der Waals surface area contributed by atoms with Crippen LogP contribution >= 0.6 is 35.3 Å². The SMILES string of the molecule is CC(C)=O.CCOC(=O)/C=C1\SC(C)(C)N(C)C1=O.CN.CN1C(=O)/C(=C/C(=O)O)SC1(C)C.CN1C(=O)CSC1(C)C. The number of hydrogen-bond acceptors (Lipinski definition) is 11. The minimum Gasteiger partial charge on any atom is -0.478 e. The summed E-state index contributed by atoms with van der Waals surface area (Å²) in [5, 5.41) is 8.49. The van der Waals surface area contributed by atoms with Crippen LogP contribution in [0.2, 0.25) is 0 Å². The average molecular weight is 665 g/mol. The molecule has 246 valence electrons. The van der Waals surface area contributed by atoms with Gasteiger partial charge in [-0.25, -0.2) is 9.59 Å². The zero-order valence-electron chi connectivity index (χ0n) is 27.5. The molecule has 3 aliphatic heterocycles. The summed E-state index contributed by atoms with van der Waals surface area (Å²) in [7, 11) is 6.74. The van der Waals surface area contributed by atoms with Crippen LogP contribution in [0.5, 0.6) is 0 Å². The zero-order chi connectivity index (χ0) is 34.5. The second-order valence-electron chi connectivity index (χ2n) is 10.5. The Balaban J connectivity index is 0. The van der Waals surface area contributed by atoms with E-state index in [0.29, 0.717) is 22.2 Å². The molecule has 0 unspecified atom stereocenters. The molecular weight excluding hydrogens is 617 g/mol. The van der Waals surface area contributed by atoms with Gasteiger partial charge in [-0.2, -0.15) is 0 Å². The molecule has 12 nitrogen and oxygen atoms in total. The molecule has 3 fully saturated rings. The van der Waals surface area contributed by atoms with E-state index in [2.05, 4.69) is 19.6 Å². The molecule has 0 radical (unpaired) electrons. The molecular formula is C28H48N4O8S3. The van der Waals surface area contributed by atoms with Crippen molar-refractivity contribution in [2.45, 2.75) is 76.9 Å². The molecule has 15 heteroatoms. The van der Waals surface area contributed by atoms with Crippen molar-refractivity contribution in [1.29, 1.82) is 0 Å². The molecule has 3 saturated heterocycles. The Morgan fingerprint density at radius 2 is 1.19 bits per heavy atom. The first kappa shape index (κ1) is 42.6. The topological polar surface area (TPSA) is 168 Å². The maximum Gasteiger partial charge on any atom is 0.332 e. The molecule has 0 spiro atoms. The van der Waals surface area contributed by atoms with Gasteiger partial charge < -0.3 is 35.1 Å². The average Bonchev–Trinajstić information content (AvgIpc) is 3.32. The number of ether oxygens (including phenoxy) is 1. The number of carbonyl (C=O) groups excluding carboxylic acids is 5. The van der Waals surface area contributed by atoms with Crippen LogP contribution in [-0.4, -0.2) is 110 Å². The van der Waals surface area contributed by atoms with E-state index in [0.717, 1.165) is 6.08 Å². The predicted octanol–water partition coefficient (Wildman–Crippen LogP) is 3.37. The second-order valence-corrected chi connectivity index (χ2v) is 15.4. The summed E-state index contributed by atoms with van der Waals surface area (Å²) in [6.45, 7) is 16.8. The monoisotopic (exact) mass is 664 g/mol. The number of ketones is 1. The lowest BCUT2D eigenvalue weighted by atomic mass is 10.3. The Kier molecular flexibility index (Phi) is 18.2. The summed E-state index contributed by atoms with van der Waals surface area (Å²) in [5.74, 6) is -0.842. The fourth-order valence-electron chi connectivity index (χ4n) is 2.90. The van der Waals surface area contributed by atoms with Crippen LogP contribution in [-0.2, 0) is 33.5 Å². The van der Waals surface area contributed by atoms with Crippen LogP contribution in [0.25, 0.3) is 0 Å². The van der Waals surface area contributed by atoms with Crippen LogP contribution in [0.15, 0.2) is 22.0 Å². The lowest BCUT2D eigenvalue weighted by Gasteiger charge is -2.25. The Bertz CT molecular complexity index is 1100. The first-order valence-electron chi connectivity index (χ1n) is 13.2. The van der Waals surface area contributed by atoms with E-state index >= 15 is 0 Å². The number of carboxylic acids is 1. The fraction of sp³-hybridized carbons (Fsp3) is 0.643. The molecule has 0 bridgehead atoms. The number of likely N-dealkylation sites (N-methyl/N-ethyl adjacent to an activating group) is 2. The highest BCUT2D eigenvalue weighted by Gasteiger charge is 2.41. The number of thioether (sulfide) groups is 3. The summed E-state index contributed by atoms with van der Waals surface area (Å²) >= 11 is 4.34. The normalized spacial score (nSPS) is 21.1. The molecule has 0 aromatic rings. The third kappa shape index (κ3) is 14.2. The number of carboxylic acid groups (broad SMARTS) is 1. The van der Waals surface area contributed by atoms with Gasteiger partial charge in [-0.1, -0.05) is 23.5 Å². The number of aliphatic carboxylic acids is 1. The van der Waals surface area contributed by atoms with E-state index in [-0.39, 0.29) is 38.1 Å². The van der Waals surface area contributed by atoms with Crippen molar-refractivity contribution in [2.24, 2.45) is 5.73 Å². The summed E-state index contributed by atoms with van der Waals surface area (Å²) in [5.41, 5.74) is 4.50. The third-order valence-electron chi connectivity index (χ3n) is 5.89.